The molecule has 2 rings (SSSR count). The molecule has 0 aromatic carbocycles. The second-order valence-electron chi connectivity index (χ2n) is 10.1. The molecule has 0 aromatic heterocycles. The van der Waals surface area contributed by atoms with Crippen LogP contribution in [0.1, 0.15) is 41.5 Å². The number of aliphatic hydroxyl groups excluding tert-OH is 2. The fraction of sp³-hybridized carbons (Fsp3) is 0.696. The van der Waals surface area contributed by atoms with Gasteiger partial charge < -0.3 is 20.3 Å². The Morgan fingerprint density at radius 1 is 1.26 bits per heavy atom. The lowest BCUT2D eigenvalue weighted by Gasteiger charge is -2.30. The van der Waals surface area contributed by atoms with Crippen molar-refractivity contribution >= 4 is 48.4 Å². The van der Waals surface area contributed by atoms with E-state index in [9.17, 15) is 29.2 Å². The summed E-state index contributed by atoms with van der Waals surface area (Å²) in [6, 6.07) is -1.57. The lowest BCUT2D eigenvalue weighted by Crippen LogP contribution is -2.48. The summed E-state index contributed by atoms with van der Waals surface area (Å²) in [6.45, 7) is 13.3. The minimum Gasteiger partial charge on any atom is -0.462 e. The van der Waals surface area contributed by atoms with E-state index in [4.69, 9.17) is 13.8 Å². The lowest BCUT2D eigenvalue weighted by molar-refractivity contribution is -0.149. The number of amides is 2. The van der Waals surface area contributed by atoms with Crippen molar-refractivity contribution in [2.75, 3.05) is 19.0 Å². The number of rotatable bonds is 12. The number of aliphatic hydroxyl groups is 2. The first-order valence-electron chi connectivity index (χ1n) is 12.1. The van der Waals surface area contributed by atoms with Gasteiger partial charge in [0.05, 0.1) is 30.7 Å². The Labute approximate surface area is 231 Å². The highest BCUT2D eigenvalue weighted by atomic mass is 32.2. The second-order valence-corrected chi connectivity index (χ2v) is 14.3. The number of carbonyl (C=O) groups is 3. The molecule has 2 amide bonds. The maximum absolute atomic E-state index is 13.6. The predicted molar refractivity (Wildman–Crippen MR) is 146 cm³/mol. The van der Waals surface area contributed by atoms with Gasteiger partial charge in [-0.05, 0) is 26.8 Å². The average molecular weight is 596 g/mol. The van der Waals surface area contributed by atoms with Crippen molar-refractivity contribution in [1.29, 1.82) is 0 Å². The number of hydrogen-bond acceptors (Lipinski definition) is 11. The van der Waals surface area contributed by atoms with Gasteiger partial charge >= 0.3 is 19.7 Å². The highest BCUT2D eigenvalue weighted by Crippen LogP contribution is 2.47. The van der Waals surface area contributed by atoms with Crippen LogP contribution in [0.15, 0.2) is 24.6 Å². The number of nitrogens with one attached hydrogen (secondary N) is 2. The van der Waals surface area contributed by atoms with Crippen molar-refractivity contribution in [3.05, 3.63) is 24.6 Å². The van der Waals surface area contributed by atoms with Crippen molar-refractivity contribution in [2.24, 2.45) is 5.41 Å². The van der Waals surface area contributed by atoms with Gasteiger partial charge in [-0.1, -0.05) is 39.1 Å². The van der Waals surface area contributed by atoms with E-state index in [1.807, 2.05) is 0 Å². The quantitative estimate of drug-likeness (QED) is 0.148. The van der Waals surface area contributed by atoms with E-state index in [1.54, 1.807) is 40.7 Å². The summed E-state index contributed by atoms with van der Waals surface area (Å²) in [5.74, 6) is -0.473. The molecule has 1 unspecified atom stereocenters. The Hall–Kier alpha value is -1.38. The van der Waals surface area contributed by atoms with Crippen LogP contribution in [0.25, 0.3) is 0 Å². The number of esters is 1. The molecule has 2 aliphatic heterocycles. The molecule has 0 spiro atoms. The molecule has 6 atom stereocenters. The van der Waals surface area contributed by atoms with Gasteiger partial charge in [0.1, 0.15) is 17.5 Å². The summed E-state index contributed by atoms with van der Waals surface area (Å²) < 4.78 is 29.8. The average Bonchev–Trinajstić information content (AvgIpc) is 3.08. The van der Waals surface area contributed by atoms with E-state index >= 15 is 0 Å². The van der Waals surface area contributed by atoms with Gasteiger partial charge in [0.2, 0.25) is 0 Å². The number of allylic oxidation sites excluding steroid dienone is 1. The third kappa shape index (κ3) is 9.37. The van der Waals surface area contributed by atoms with Gasteiger partial charge in [-0.3, -0.25) is 23.5 Å². The third-order valence-electron chi connectivity index (χ3n) is 5.21. The molecule has 1 saturated heterocycles. The molecule has 0 aliphatic carbocycles. The topological polar surface area (TPSA) is 164 Å². The fourth-order valence-corrected chi connectivity index (χ4v) is 7.14. The molecule has 15 heteroatoms. The number of urea groups is 1. The van der Waals surface area contributed by atoms with Gasteiger partial charge in [0.25, 0.3) is 0 Å². The minimum absolute atomic E-state index is 0.0661. The van der Waals surface area contributed by atoms with Gasteiger partial charge in [-0.15, -0.1) is 11.8 Å². The number of ether oxygens (including phenoxy) is 1. The molecule has 0 saturated carbocycles. The summed E-state index contributed by atoms with van der Waals surface area (Å²) >= 11 is 2.09. The Morgan fingerprint density at radius 2 is 1.92 bits per heavy atom. The monoisotopic (exact) mass is 595 g/mol. The van der Waals surface area contributed by atoms with E-state index in [-0.39, 0.29) is 24.1 Å². The van der Waals surface area contributed by atoms with Crippen molar-refractivity contribution in [2.45, 2.75) is 76.5 Å². The Bertz CT molecular complexity index is 972. The predicted octanol–water partition coefficient (Wildman–Crippen LogP) is 2.58. The standard InChI is InChI=1S/C23H38N3O9PS2/c1-13(2)35-20(29)15(4)25-36(32,33-10-11-37-21(30)23(5,6)7)34-12-16-17(27)18(28)19(38-16)26-9-8-14(3)24-22(26)31/h8-9,13,15-19,27-28H,3,10-12H2,1-2,4-7H3,(H,24,31)(H,25,32)/t15-,16-,17-,18-,19-,36?/m1/s1. The summed E-state index contributed by atoms with van der Waals surface area (Å²) in [5.41, 5.74) is -0.167. The molecular weight excluding hydrogens is 557 g/mol. The highest BCUT2D eigenvalue weighted by molar-refractivity contribution is 8.13. The van der Waals surface area contributed by atoms with Crippen LogP contribution in [-0.4, -0.2) is 86.2 Å². The van der Waals surface area contributed by atoms with Crippen LogP contribution in [0.2, 0.25) is 0 Å². The first-order valence-corrected chi connectivity index (χ1v) is 15.5. The maximum atomic E-state index is 13.6. The fourth-order valence-electron chi connectivity index (χ4n) is 3.19. The molecule has 1 fully saturated rings. The molecule has 0 aromatic rings. The van der Waals surface area contributed by atoms with Crippen molar-refractivity contribution in [1.82, 2.24) is 15.3 Å². The smallest absolute Gasteiger partial charge is 0.406 e. The summed E-state index contributed by atoms with van der Waals surface area (Å²) in [6.07, 6.45) is -0.0193. The second kappa shape index (κ2) is 13.8. The molecule has 0 radical (unpaired) electrons. The van der Waals surface area contributed by atoms with Crippen LogP contribution < -0.4 is 10.4 Å². The van der Waals surface area contributed by atoms with E-state index in [0.29, 0.717) is 5.70 Å². The molecule has 12 nitrogen and oxygen atoms in total. The van der Waals surface area contributed by atoms with E-state index in [2.05, 4.69) is 17.0 Å². The minimum atomic E-state index is -4.14. The van der Waals surface area contributed by atoms with Crippen LogP contribution in [-0.2, 0) is 27.9 Å². The van der Waals surface area contributed by atoms with Crippen LogP contribution >= 0.6 is 31.3 Å². The van der Waals surface area contributed by atoms with Gasteiger partial charge in [-0.25, -0.2) is 14.4 Å². The largest absolute Gasteiger partial charge is 0.462 e. The molecule has 2 heterocycles. The Balaban J connectivity index is 2.07. The molecular formula is C23H38N3O9PS2. The van der Waals surface area contributed by atoms with Crippen LogP contribution in [0.5, 0.6) is 0 Å². The van der Waals surface area contributed by atoms with Crippen LogP contribution in [0.3, 0.4) is 0 Å². The lowest BCUT2D eigenvalue weighted by atomic mass is 10.00. The third-order valence-corrected chi connectivity index (χ3v) is 9.72. The molecule has 0 bridgehead atoms. The van der Waals surface area contributed by atoms with Gasteiger partial charge in [-0.2, -0.15) is 0 Å². The number of hydrogen-bond donors (Lipinski definition) is 4. The summed E-state index contributed by atoms with van der Waals surface area (Å²) in [5, 5.41) is 24.6. The van der Waals surface area contributed by atoms with E-state index < -0.39 is 60.1 Å². The van der Waals surface area contributed by atoms with Gasteiger partial charge in [0.15, 0.2) is 5.12 Å². The zero-order valence-electron chi connectivity index (χ0n) is 22.4. The van der Waals surface area contributed by atoms with Gasteiger partial charge in [0, 0.05) is 23.1 Å². The molecule has 4 N–H and O–H groups in total. The SMILES string of the molecule is C=C1C=CN([C@@H]2S[C@H](COP(=O)(N[C@H](C)C(=O)OC(C)C)OCCSC(=O)C(C)(C)C)[C@@H](O)[C@H]2O)C(=O)N1. The first kappa shape index (κ1) is 32.8. The van der Waals surface area contributed by atoms with Crippen LogP contribution in [0, 0.1) is 5.41 Å². The summed E-state index contributed by atoms with van der Waals surface area (Å²) in [4.78, 5) is 38.0. The van der Waals surface area contributed by atoms with Crippen molar-refractivity contribution in [3.63, 3.8) is 0 Å². The normalized spacial score (nSPS) is 26.3. The first-order chi connectivity index (χ1) is 17.5. The maximum Gasteiger partial charge on any atom is 0.406 e. The number of carbonyl (C=O) groups excluding carboxylic acids is 3. The van der Waals surface area contributed by atoms with Crippen molar-refractivity contribution in [3.8, 4) is 0 Å². The summed E-state index contributed by atoms with van der Waals surface area (Å²) in [7, 11) is -4.14. The molecule has 216 valence electrons. The van der Waals surface area contributed by atoms with E-state index in [0.717, 1.165) is 23.5 Å². The van der Waals surface area contributed by atoms with Crippen LogP contribution in [0.4, 0.5) is 4.79 Å². The number of nitrogens with zero attached hydrogens (tertiary/aromatic N) is 1. The number of thioether (sulfide) groups is 2. The zero-order chi connectivity index (χ0) is 28.8. The zero-order valence-corrected chi connectivity index (χ0v) is 24.9. The van der Waals surface area contributed by atoms with E-state index in [1.165, 1.54) is 18.0 Å². The van der Waals surface area contributed by atoms with Crippen molar-refractivity contribution < 1.29 is 42.9 Å². The molecule has 2 aliphatic rings. The Morgan fingerprint density at radius 3 is 2.50 bits per heavy atom. The molecule has 38 heavy (non-hydrogen) atoms. The highest BCUT2D eigenvalue weighted by Gasteiger charge is 2.47. The Kier molecular flexibility index (Phi) is 11.9.